The van der Waals surface area contributed by atoms with Gasteiger partial charge in [0.2, 0.25) is 0 Å². The normalized spacial score (nSPS) is 11.9. The first-order chi connectivity index (χ1) is 11.3. The number of carbonyl (C=O) groups is 1. The summed E-state index contributed by atoms with van der Waals surface area (Å²) >= 11 is 0. The lowest BCUT2D eigenvalue weighted by molar-refractivity contribution is -0.384. The van der Waals surface area contributed by atoms with Gasteiger partial charge in [0, 0.05) is 17.7 Å². The molecule has 0 bridgehead atoms. The van der Waals surface area contributed by atoms with E-state index in [1.54, 1.807) is 0 Å². The summed E-state index contributed by atoms with van der Waals surface area (Å²) in [6, 6.07) is 10.9. The van der Waals surface area contributed by atoms with Crippen LogP contribution in [0.15, 0.2) is 59.6 Å². The summed E-state index contributed by atoms with van der Waals surface area (Å²) in [5, 5.41) is 10.5. The molecule has 0 aliphatic heterocycles. The SMILES string of the molecule is O=C(/N=C(\c1ccccc1)C(F)(F)F)Oc1ccc([N+](=O)[O-])cc1. The molecule has 9 heteroatoms. The van der Waals surface area contributed by atoms with E-state index < -0.39 is 22.9 Å². The number of aliphatic imine (C=N–C) groups is 1. The number of nitrogens with zero attached hydrogens (tertiary/aromatic N) is 2. The summed E-state index contributed by atoms with van der Waals surface area (Å²) in [6.07, 6.45) is -6.34. The maximum absolute atomic E-state index is 13.0. The summed E-state index contributed by atoms with van der Waals surface area (Å²) in [6.45, 7) is 0. The molecule has 2 aromatic rings. The van der Waals surface area contributed by atoms with Crippen LogP contribution in [0.2, 0.25) is 0 Å². The average Bonchev–Trinajstić information content (AvgIpc) is 2.53. The van der Waals surface area contributed by atoms with Gasteiger partial charge in [0.1, 0.15) is 5.75 Å². The smallest absolute Gasteiger partial charge is 0.409 e. The standard InChI is InChI=1S/C15H9F3N2O4/c16-15(17,18)13(10-4-2-1-3-5-10)19-14(21)24-12-8-6-11(7-9-12)20(22)23/h1-9H/b19-13+. The fourth-order valence-corrected chi connectivity index (χ4v) is 1.74. The maximum atomic E-state index is 13.0. The van der Waals surface area contributed by atoms with Crippen LogP contribution in [0.25, 0.3) is 0 Å². The van der Waals surface area contributed by atoms with Gasteiger partial charge < -0.3 is 4.74 Å². The zero-order chi connectivity index (χ0) is 17.7. The zero-order valence-corrected chi connectivity index (χ0v) is 11.9. The van der Waals surface area contributed by atoms with E-state index in [0.29, 0.717) is 0 Å². The number of ether oxygens (including phenoxy) is 1. The number of alkyl halides is 3. The minimum Gasteiger partial charge on any atom is -0.409 e. The number of non-ortho nitro benzene ring substituents is 1. The molecule has 0 N–H and O–H groups in total. The van der Waals surface area contributed by atoms with Crippen LogP contribution in [0.1, 0.15) is 5.56 Å². The first-order valence-corrected chi connectivity index (χ1v) is 6.45. The number of nitro benzene ring substituents is 1. The van der Waals surface area contributed by atoms with Gasteiger partial charge in [-0.1, -0.05) is 30.3 Å². The molecule has 0 heterocycles. The molecule has 0 saturated heterocycles. The second-order valence-electron chi connectivity index (χ2n) is 4.44. The minimum absolute atomic E-state index is 0.163. The summed E-state index contributed by atoms with van der Waals surface area (Å²) < 4.78 is 43.7. The van der Waals surface area contributed by atoms with Crippen LogP contribution in [0, 0.1) is 10.1 Å². The van der Waals surface area contributed by atoms with Gasteiger partial charge >= 0.3 is 12.3 Å². The van der Waals surface area contributed by atoms with Crippen molar-refractivity contribution in [2.24, 2.45) is 4.99 Å². The van der Waals surface area contributed by atoms with Gasteiger partial charge in [0.15, 0.2) is 5.71 Å². The summed E-state index contributed by atoms with van der Waals surface area (Å²) in [5.74, 6) is -0.163. The summed E-state index contributed by atoms with van der Waals surface area (Å²) in [4.78, 5) is 24.4. The largest absolute Gasteiger partial charge is 0.439 e. The third kappa shape index (κ3) is 4.38. The fraction of sp³-hybridized carbons (Fsp3) is 0.0667. The average molecular weight is 338 g/mol. The van der Waals surface area contributed by atoms with Crippen LogP contribution < -0.4 is 4.74 Å². The van der Waals surface area contributed by atoms with Crippen molar-refractivity contribution in [1.29, 1.82) is 0 Å². The van der Waals surface area contributed by atoms with Crippen molar-refractivity contribution in [3.8, 4) is 5.75 Å². The van der Waals surface area contributed by atoms with Crippen LogP contribution in [-0.4, -0.2) is 22.9 Å². The number of amides is 1. The van der Waals surface area contributed by atoms with Crippen molar-refractivity contribution < 1.29 is 27.6 Å². The van der Waals surface area contributed by atoms with E-state index in [0.717, 1.165) is 36.4 Å². The van der Waals surface area contributed by atoms with Crippen molar-refractivity contribution in [2.45, 2.75) is 6.18 Å². The molecular formula is C15H9F3N2O4. The third-order valence-corrected chi connectivity index (χ3v) is 2.77. The van der Waals surface area contributed by atoms with Gasteiger partial charge in [-0.2, -0.15) is 18.2 Å². The van der Waals surface area contributed by atoms with E-state index in [4.69, 9.17) is 0 Å². The first-order valence-electron chi connectivity index (χ1n) is 6.45. The lowest BCUT2D eigenvalue weighted by Gasteiger charge is -2.10. The third-order valence-electron chi connectivity index (χ3n) is 2.77. The Balaban J connectivity index is 2.23. The molecule has 0 aliphatic rings. The Morgan fingerprint density at radius 3 is 2.12 bits per heavy atom. The van der Waals surface area contributed by atoms with Gasteiger partial charge in [0.25, 0.3) is 5.69 Å². The van der Waals surface area contributed by atoms with Gasteiger partial charge in [-0.05, 0) is 12.1 Å². The molecule has 2 rings (SSSR count). The van der Waals surface area contributed by atoms with Crippen molar-refractivity contribution in [2.75, 3.05) is 0 Å². The predicted octanol–water partition coefficient (Wildman–Crippen LogP) is 4.15. The molecule has 0 aliphatic carbocycles. The fourth-order valence-electron chi connectivity index (χ4n) is 1.74. The van der Waals surface area contributed by atoms with E-state index in [9.17, 15) is 28.1 Å². The lowest BCUT2D eigenvalue weighted by Crippen LogP contribution is -2.26. The topological polar surface area (TPSA) is 81.8 Å². The van der Waals surface area contributed by atoms with Crippen LogP contribution in [0.4, 0.5) is 23.7 Å². The minimum atomic E-state index is -4.85. The highest BCUT2D eigenvalue weighted by atomic mass is 19.4. The molecule has 24 heavy (non-hydrogen) atoms. The van der Waals surface area contributed by atoms with Gasteiger partial charge in [-0.15, -0.1) is 0 Å². The van der Waals surface area contributed by atoms with Crippen LogP contribution in [0.3, 0.4) is 0 Å². The second kappa shape index (κ2) is 6.90. The van der Waals surface area contributed by atoms with Gasteiger partial charge in [-0.25, -0.2) is 4.79 Å². The van der Waals surface area contributed by atoms with Gasteiger partial charge in [-0.3, -0.25) is 10.1 Å². The highest BCUT2D eigenvalue weighted by molar-refractivity contribution is 6.08. The number of nitro groups is 1. The number of hydrogen-bond donors (Lipinski definition) is 0. The maximum Gasteiger partial charge on any atom is 0.439 e. The Bertz CT molecular complexity index is 772. The van der Waals surface area contributed by atoms with Crippen molar-refractivity contribution >= 4 is 17.5 Å². The number of hydrogen-bond acceptors (Lipinski definition) is 4. The Morgan fingerprint density at radius 2 is 1.62 bits per heavy atom. The molecule has 0 unspecified atom stereocenters. The highest BCUT2D eigenvalue weighted by Gasteiger charge is 2.37. The molecule has 1 amide bonds. The quantitative estimate of drug-likeness (QED) is 0.478. The molecule has 0 atom stereocenters. The Hall–Kier alpha value is -3.23. The Morgan fingerprint density at radius 1 is 1.04 bits per heavy atom. The van der Waals surface area contributed by atoms with Crippen molar-refractivity contribution in [3.63, 3.8) is 0 Å². The molecule has 2 aromatic carbocycles. The summed E-state index contributed by atoms with van der Waals surface area (Å²) in [5.41, 5.74) is -1.93. The molecule has 0 fully saturated rings. The monoisotopic (exact) mass is 338 g/mol. The summed E-state index contributed by atoms with van der Waals surface area (Å²) in [7, 11) is 0. The van der Waals surface area contributed by atoms with E-state index in [1.165, 1.54) is 18.2 Å². The van der Waals surface area contributed by atoms with E-state index >= 15 is 0 Å². The lowest BCUT2D eigenvalue weighted by atomic mass is 10.1. The molecule has 0 radical (unpaired) electrons. The van der Waals surface area contributed by atoms with E-state index in [-0.39, 0.29) is 17.0 Å². The number of benzene rings is 2. The van der Waals surface area contributed by atoms with Crippen molar-refractivity contribution in [3.05, 3.63) is 70.3 Å². The zero-order valence-electron chi connectivity index (χ0n) is 11.9. The van der Waals surface area contributed by atoms with E-state index in [1.807, 2.05) is 0 Å². The molecule has 6 nitrogen and oxygen atoms in total. The van der Waals surface area contributed by atoms with Crippen LogP contribution >= 0.6 is 0 Å². The van der Waals surface area contributed by atoms with E-state index in [2.05, 4.69) is 9.73 Å². The number of carbonyl (C=O) groups excluding carboxylic acids is 1. The van der Waals surface area contributed by atoms with Crippen LogP contribution in [-0.2, 0) is 0 Å². The van der Waals surface area contributed by atoms with Crippen molar-refractivity contribution in [1.82, 2.24) is 0 Å². The Labute approximate surface area is 133 Å². The van der Waals surface area contributed by atoms with Gasteiger partial charge in [0.05, 0.1) is 4.92 Å². The number of rotatable bonds is 3. The molecule has 0 spiro atoms. The van der Waals surface area contributed by atoms with Crippen LogP contribution in [0.5, 0.6) is 5.75 Å². The Kier molecular flexibility index (Phi) is 4.93. The second-order valence-corrected chi connectivity index (χ2v) is 4.44. The highest BCUT2D eigenvalue weighted by Crippen LogP contribution is 2.23. The molecule has 0 aromatic heterocycles. The molecule has 124 valence electrons. The number of halogens is 3. The first kappa shape index (κ1) is 17.1. The molecular weight excluding hydrogens is 329 g/mol. The molecule has 0 saturated carbocycles. The predicted molar refractivity (Wildman–Crippen MR) is 78.2 cm³/mol.